The summed E-state index contributed by atoms with van der Waals surface area (Å²) in [7, 11) is 1.81. The molecule has 1 heterocycles. The summed E-state index contributed by atoms with van der Waals surface area (Å²) in [5.74, 6) is 0.101. The molecule has 0 bridgehead atoms. The Morgan fingerprint density at radius 2 is 2.15 bits per heavy atom. The molecule has 0 fully saturated rings. The van der Waals surface area contributed by atoms with Gasteiger partial charge < -0.3 is 10.6 Å². The molecule has 0 spiro atoms. The maximum Gasteiger partial charge on any atom is 0.227 e. The second kappa shape index (κ2) is 6.63. The standard InChI is InChI=1S/C15H16N2OS2/c1-17(14(18)8-12-5-6-20-10-12)9-11-3-2-4-13(7-11)15(16)19/h2-7,10H,8-9H2,1H3,(H2,16,19). The van der Waals surface area contributed by atoms with Crippen LogP contribution in [0.3, 0.4) is 0 Å². The van der Waals surface area contributed by atoms with Gasteiger partial charge in [0.05, 0.1) is 6.42 Å². The smallest absolute Gasteiger partial charge is 0.227 e. The van der Waals surface area contributed by atoms with Crippen molar-refractivity contribution in [2.24, 2.45) is 5.73 Å². The summed E-state index contributed by atoms with van der Waals surface area (Å²) in [6, 6.07) is 9.65. The van der Waals surface area contributed by atoms with Gasteiger partial charge in [-0.25, -0.2) is 0 Å². The molecule has 1 aromatic heterocycles. The first-order chi connectivity index (χ1) is 9.56. The van der Waals surface area contributed by atoms with E-state index in [4.69, 9.17) is 18.0 Å². The zero-order chi connectivity index (χ0) is 14.5. The van der Waals surface area contributed by atoms with Crippen LogP contribution in [0.4, 0.5) is 0 Å². The average molecular weight is 304 g/mol. The SMILES string of the molecule is CN(Cc1cccc(C(N)=S)c1)C(=O)Cc1ccsc1. The molecular weight excluding hydrogens is 288 g/mol. The summed E-state index contributed by atoms with van der Waals surface area (Å²) >= 11 is 6.57. The highest BCUT2D eigenvalue weighted by molar-refractivity contribution is 7.80. The van der Waals surface area contributed by atoms with E-state index in [-0.39, 0.29) is 5.91 Å². The lowest BCUT2D eigenvalue weighted by atomic mass is 10.1. The minimum absolute atomic E-state index is 0.101. The van der Waals surface area contributed by atoms with Gasteiger partial charge >= 0.3 is 0 Å². The minimum Gasteiger partial charge on any atom is -0.389 e. The molecule has 0 aliphatic rings. The Morgan fingerprint density at radius 3 is 2.80 bits per heavy atom. The van der Waals surface area contributed by atoms with E-state index in [0.29, 0.717) is 18.0 Å². The second-order valence-corrected chi connectivity index (χ2v) is 5.84. The van der Waals surface area contributed by atoms with Crippen molar-refractivity contribution >= 4 is 34.5 Å². The first-order valence-electron chi connectivity index (χ1n) is 6.20. The highest BCUT2D eigenvalue weighted by Gasteiger charge is 2.11. The summed E-state index contributed by atoms with van der Waals surface area (Å²) in [6.07, 6.45) is 0.439. The zero-order valence-electron chi connectivity index (χ0n) is 11.2. The number of carbonyl (C=O) groups is 1. The number of rotatable bonds is 5. The van der Waals surface area contributed by atoms with E-state index >= 15 is 0 Å². The van der Waals surface area contributed by atoms with Crippen LogP contribution in [0.1, 0.15) is 16.7 Å². The minimum atomic E-state index is 0.101. The van der Waals surface area contributed by atoms with Crippen LogP contribution in [0.5, 0.6) is 0 Å². The van der Waals surface area contributed by atoms with Crippen LogP contribution in [0.25, 0.3) is 0 Å². The molecule has 2 N–H and O–H groups in total. The van der Waals surface area contributed by atoms with Crippen LogP contribution in [0, 0.1) is 0 Å². The normalized spacial score (nSPS) is 10.2. The van der Waals surface area contributed by atoms with Crippen LogP contribution in [-0.4, -0.2) is 22.8 Å². The average Bonchev–Trinajstić information content (AvgIpc) is 2.91. The Kier molecular flexibility index (Phi) is 4.87. The number of nitrogens with zero attached hydrogens (tertiary/aromatic N) is 1. The van der Waals surface area contributed by atoms with Gasteiger partial charge in [0, 0.05) is 19.2 Å². The van der Waals surface area contributed by atoms with Gasteiger partial charge in [0.1, 0.15) is 4.99 Å². The Morgan fingerprint density at radius 1 is 1.35 bits per heavy atom. The lowest BCUT2D eigenvalue weighted by Gasteiger charge is -2.17. The molecule has 2 aromatic rings. The number of hydrogen-bond acceptors (Lipinski definition) is 3. The predicted molar refractivity (Wildman–Crippen MR) is 86.8 cm³/mol. The van der Waals surface area contributed by atoms with Crippen molar-refractivity contribution in [2.45, 2.75) is 13.0 Å². The number of likely N-dealkylation sites (N-methyl/N-ethyl adjacent to an activating group) is 1. The molecule has 3 nitrogen and oxygen atoms in total. The summed E-state index contributed by atoms with van der Waals surface area (Å²) in [5.41, 5.74) is 8.53. The van der Waals surface area contributed by atoms with Crippen molar-refractivity contribution in [3.8, 4) is 0 Å². The van der Waals surface area contributed by atoms with Crippen LogP contribution >= 0.6 is 23.6 Å². The topological polar surface area (TPSA) is 46.3 Å². The van der Waals surface area contributed by atoms with E-state index in [1.54, 1.807) is 16.2 Å². The van der Waals surface area contributed by atoms with Gasteiger partial charge in [0.15, 0.2) is 0 Å². The third-order valence-electron chi connectivity index (χ3n) is 2.99. The van der Waals surface area contributed by atoms with Crippen molar-refractivity contribution in [3.63, 3.8) is 0 Å². The monoisotopic (exact) mass is 304 g/mol. The predicted octanol–water partition coefficient (Wildman–Crippen LogP) is 2.58. The highest BCUT2D eigenvalue weighted by Crippen LogP contribution is 2.11. The van der Waals surface area contributed by atoms with E-state index in [1.165, 1.54) is 0 Å². The van der Waals surface area contributed by atoms with Gasteiger partial charge in [0.25, 0.3) is 0 Å². The first-order valence-corrected chi connectivity index (χ1v) is 7.55. The molecule has 1 amide bonds. The van der Waals surface area contributed by atoms with E-state index < -0.39 is 0 Å². The fourth-order valence-corrected chi connectivity index (χ4v) is 2.68. The van der Waals surface area contributed by atoms with Gasteiger partial charge in [-0.15, -0.1) is 0 Å². The zero-order valence-corrected chi connectivity index (χ0v) is 12.8. The number of benzene rings is 1. The Hall–Kier alpha value is -1.72. The number of hydrogen-bond donors (Lipinski definition) is 1. The Labute approximate surface area is 128 Å². The number of amides is 1. The van der Waals surface area contributed by atoms with E-state index in [9.17, 15) is 4.79 Å². The van der Waals surface area contributed by atoms with Crippen molar-refractivity contribution in [1.29, 1.82) is 0 Å². The molecule has 2 rings (SSSR count). The van der Waals surface area contributed by atoms with Crippen LogP contribution in [-0.2, 0) is 17.8 Å². The first kappa shape index (κ1) is 14.7. The lowest BCUT2D eigenvalue weighted by Crippen LogP contribution is -2.27. The van der Waals surface area contributed by atoms with E-state index in [0.717, 1.165) is 16.7 Å². The van der Waals surface area contributed by atoms with Crippen LogP contribution < -0.4 is 5.73 Å². The molecule has 0 unspecified atom stereocenters. The molecule has 0 radical (unpaired) electrons. The number of thiocarbonyl (C=S) groups is 1. The van der Waals surface area contributed by atoms with Gasteiger partial charge in [-0.3, -0.25) is 4.79 Å². The van der Waals surface area contributed by atoms with Crippen LogP contribution in [0.2, 0.25) is 0 Å². The van der Waals surface area contributed by atoms with E-state index in [2.05, 4.69) is 0 Å². The van der Waals surface area contributed by atoms with Gasteiger partial charge in [-0.2, -0.15) is 11.3 Å². The molecular formula is C15H16N2OS2. The van der Waals surface area contributed by atoms with Crippen molar-refractivity contribution in [1.82, 2.24) is 4.90 Å². The molecule has 5 heteroatoms. The molecule has 1 aromatic carbocycles. The highest BCUT2D eigenvalue weighted by atomic mass is 32.1. The van der Waals surface area contributed by atoms with E-state index in [1.807, 2.05) is 48.1 Å². The maximum absolute atomic E-state index is 12.1. The van der Waals surface area contributed by atoms with Crippen molar-refractivity contribution in [3.05, 3.63) is 57.8 Å². The molecule has 0 aliphatic heterocycles. The maximum atomic E-state index is 12.1. The largest absolute Gasteiger partial charge is 0.389 e. The van der Waals surface area contributed by atoms with Gasteiger partial charge in [0.2, 0.25) is 5.91 Å². The lowest BCUT2D eigenvalue weighted by molar-refractivity contribution is -0.129. The molecule has 0 aliphatic carbocycles. The molecule has 20 heavy (non-hydrogen) atoms. The summed E-state index contributed by atoms with van der Waals surface area (Å²) in [6.45, 7) is 0.555. The van der Waals surface area contributed by atoms with Gasteiger partial charge in [-0.1, -0.05) is 30.4 Å². The fraction of sp³-hybridized carbons (Fsp3) is 0.200. The molecule has 0 atom stereocenters. The quantitative estimate of drug-likeness (QED) is 0.864. The van der Waals surface area contributed by atoms with Crippen molar-refractivity contribution in [2.75, 3.05) is 7.05 Å². The second-order valence-electron chi connectivity index (χ2n) is 4.62. The molecule has 0 saturated carbocycles. The van der Waals surface area contributed by atoms with Crippen LogP contribution in [0.15, 0.2) is 41.1 Å². The number of nitrogens with two attached hydrogens (primary N) is 1. The van der Waals surface area contributed by atoms with Crippen molar-refractivity contribution < 1.29 is 4.79 Å². The summed E-state index contributed by atoms with van der Waals surface area (Å²) < 4.78 is 0. The van der Waals surface area contributed by atoms with Gasteiger partial charge in [-0.05, 0) is 34.0 Å². The third-order valence-corrected chi connectivity index (χ3v) is 3.96. The third kappa shape index (κ3) is 3.88. The summed E-state index contributed by atoms with van der Waals surface area (Å²) in [5, 5.41) is 3.98. The number of carbonyl (C=O) groups excluding carboxylic acids is 1. The Bertz CT molecular complexity index is 608. The molecule has 104 valence electrons. The Balaban J connectivity index is 2.00. The fourth-order valence-electron chi connectivity index (χ4n) is 1.89. The molecule has 0 saturated heterocycles. The summed E-state index contributed by atoms with van der Waals surface area (Å²) in [4.78, 5) is 14.2. The number of thiophene rings is 1.